The SMILES string of the molecule is Cc1ccc(CO)cc1NC(=O)c1nccnc1N. The third-order valence-electron chi connectivity index (χ3n) is 2.67. The van der Waals surface area contributed by atoms with Gasteiger partial charge in [0, 0.05) is 18.1 Å². The van der Waals surface area contributed by atoms with Crippen LogP contribution in [0.4, 0.5) is 11.5 Å². The number of benzene rings is 1. The minimum Gasteiger partial charge on any atom is -0.392 e. The smallest absolute Gasteiger partial charge is 0.278 e. The molecule has 0 aliphatic carbocycles. The minimum absolute atomic E-state index is 0.0796. The van der Waals surface area contributed by atoms with E-state index in [-0.39, 0.29) is 18.1 Å². The van der Waals surface area contributed by atoms with Crippen molar-refractivity contribution in [2.45, 2.75) is 13.5 Å². The first kappa shape index (κ1) is 13.0. The van der Waals surface area contributed by atoms with E-state index < -0.39 is 5.91 Å². The van der Waals surface area contributed by atoms with Crippen molar-refractivity contribution in [2.75, 3.05) is 11.1 Å². The van der Waals surface area contributed by atoms with Crippen LogP contribution in [-0.2, 0) is 6.61 Å². The maximum Gasteiger partial charge on any atom is 0.278 e. The van der Waals surface area contributed by atoms with Gasteiger partial charge >= 0.3 is 0 Å². The summed E-state index contributed by atoms with van der Waals surface area (Å²) in [6, 6.07) is 5.32. The fourth-order valence-corrected chi connectivity index (χ4v) is 1.61. The first-order chi connectivity index (χ1) is 9.11. The van der Waals surface area contributed by atoms with Crippen molar-refractivity contribution in [1.82, 2.24) is 9.97 Å². The lowest BCUT2D eigenvalue weighted by Gasteiger charge is -2.10. The molecule has 0 atom stereocenters. The molecule has 0 bridgehead atoms. The van der Waals surface area contributed by atoms with Crippen LogP contribution in [0.25, 0.3) is 0 Å². The van der Waals surface area contributed by atoms with Crippen LogP contribution in [0, 0.1) is 6.92 Å². The zero-order valence-electron chi connectivity index (χ0n) is 10.4. The molecule has 0 fully saturated rings. The summed E-state index contributed by atoms with van der Waals surface area (Å²) >= 11 is 0. The maximum atomic E-state index is 12.0. The summed E-state index contributed by atoms with van der Waals surface area (Å²) in [7, 11) is 0. The Morgan fingerprint density at radius 2 is 2.11 bits per heavy atom. The lowest BCUT2D eigenvalue weighted by molar-refractivity contribution is 0.102. The molecule has 1 heterocycles. The highest BCUT2D eigenvalue weighted by Crippen LogP contribution is 2.18. The number of hydrogen-bond acceptors (Lipinski definition) is 5. The lowest BCUT2D eigenvalue weighted by Crippen LogP contribution is -2.17. The molecule has 0 radical (unpaired) electrons. The molecule has 0 spiro atoms. The Morgan fingerprint density at radius 1 is 1.37 bits per heavy atom. The third kappa shape index (κ3) is 2.86. The molecular weight excluding hydrogens is 244 g/mol. The number of hydrogen-bond donors (Lipinski definition) is 3. The number of aliphatic hydroxyl groups is 1. The summed E-state index contributed by atoms with van der Waals surface area (Å²) in [5, 5.41) is 11.8. The number of amides is 1. The van der Waals surface area contributed by atoms with Crippen LogP contribution in [0.15, 0.2) is 30.6 Å². The number of nitrogen functional groups attached to an aromatic ring is 1. The fourth-order valence-electron chi connectivity index (χ4n) is 1.61. The van der Waals surface area contributed by atoms with Gasteiger partial charge in [-0.15, -0.1) is 0 Å². The number of nitrogens with zero attached hydrogens (tertiary/aromatic N) is 2. The Hall–Kier alpha value is -2.47. The molecule has 19 heavy (non-hydrogen) atoms. The summed E-state index contributed by atoms with van der Waals surface area (Å²) < 4.78 is 0. The predicted molar refractivity (Wildman–Crippen MR) is 71.5 cm³/mol. The van der Waals surface area contributed by atoms with Crippen molar-refractivity contribution < 1.29 is 9.90 Å². The highest BCUT2D eigenvalue weighted by Gasteiger charge is 2.13. The Balaban J connectivity index is 2.26. The van der Waals surface area contributed by atoms with Crippen molar-refractivity contribution in [3.8, 4) is 0 Å². The van der Waals surface area contributed by atoms with E-state index >= 15 is 0 Å². The summed E-state index contributed by atoms with van der Waals surface area (Å²) in [5.41, 5.74) is 7.89. The molecule has 2 rings (SSSR count). The second-order valence-electron chi connectivity index (χ2n) is 4.05. The van der Waals surface area contributed by atoms with Crippen molar-refractivity contribution >= 4 is 17.4 Å². The van der Waals surface area contributed by atoms with Gasteiger partial charge in [-0.25, -0.2) is 9.97 Å². The molecule has 0 saturated carbocycles. The number of aliphatic hydroxyl groups excluding tert-OH is 1. The summed E-state index contributed by atoms with van der Waals surface area (Å²) in [6.45, 7) is 1.77. The van der Waals surface area contributed by atoms with Crippen molar-refractivity contribution in [2.24, 2.45) is 0 Å². The molecular formula is C13H14N4O2. The normalized spacial score (nSPS) is 10.2. The van der Waals surface area contributed by atoms with E-state index in [4.69, 9.17) is 10.8 Å². The zero-order valence-corrected chi connectivity index (χ0v) is 10.4. The van der Waals surface area contributed by atoms with Crippen LogP contribution in [0.1, 0.15) is 21.6 Å². The second-order valence-corrected chi connectivity index (χ2v) is 4.05. The molecule has 6 heteroatoms. The van der Waals surface area contributed by atoms with Gasteiger partial charge in [-0.2, -0.15) is 0 Å². The number of anilines is 2. The van der Waals surface area contributed by atoms with Gasteiger partial charge < -0.3 is 16.2 Å². The van der Waals surface area contributed by atoms with Gasteiger partial charge in [-0.1, -0.05) is 12.1 Å². The van der Waals surface area contributed by atoms with E-state index in [1.54, 1.807) is 12.1 Å². The van der Waals surface area contributed by atoms with Crippen LogP contribution in [-0.4, -0.2) is 21.0 Å². The Bertz CT molecular complexity index is 613. The van der Waals surface area contributed by atoms with Crippen molar-refractivity contribution in [3.63, 3.8) is 0 Å². The number of nitrogens with one attached hydrogen (secondary N) is 1. The van der Waals surface area contributed by atoms with Crippen molar-refractivity contribution in [1.29, 1.82) is 0 Å². The predicted octanol–water partition coefficient (Wildman–Crippen LogP) is 1.11. The molecule has 2 aromatic rings. The molecule has 0 saturated heterocycles. The first-order valence-electron chi connectivity index (χ1n) is 5.70. The number of rotatable bonds is 3. The largest absolute Gasteiger partial charge is 0.392 e. The Labute approximate surface area is 110 Å². The topological polar surface area (TPSA) is 101 Å². The third-order valence-corrected chi connectivity index (χ3v) is 2.67. The monoisotopic (exact) mass is 258 g/mol. The van der Waals surface area contributed by atoms with Crippen molar-refractivity contribution in [3.05, 3.63) is 47.4 Å². The van der Waals surface area contributed by atoms with Gasteiger partial charge in [0.05, 0.1) is 6.61 Å². The van der Waals surface area contributed by atoms with E-state index in [1.165, 1.54) is 12.4 Å². The van der Waals surface area contributed by atoms with E-state index in [9.17, 15) is 4.79 Å². The molecule has 1 aromatic carbocycles. The molecule has 98 valence electrons. The van der Waals surface area contributed by atoms with Crippen LogP contribution in [0.2, 0.25) is 0 Å². The van der Waals surface area contributed by atoms with Gasteiger partial charge in [0.25, 0.3) is 5.91 Å². The Morgan fingerprint density at radius 3 is 2.79 bits per heavy atom. The average molecular weight is 258 g/mol. The number of aryl methyl sites for hydroxylation is 1. The second kappa shape index (κ2) is 5.45. The molecule has 6 nitrogen and oxygen atoms in total. The number of aromatic nitrogens is 2. The number of nitrogens with two attached hydrogens (primary N) is 1. The molecule has 0 unspecified atom stereocenters. The van der Waals surface area contributed by atoms with E-state index in [2.05, 4.69) is 15.3 Å². The summed E-state index contributed by atoms with van der Waals surface area (Å²) in [4.78, 5) is 19.7. The van der Waals surface area contributed by atoms with E-state index in [0.717, 1.165) is 5.56 Å². The Kier molecular flexibility index (Phi) is 3.72. The van der Waals surface area contributed by atoms with Gasteiger partial charge in [-0.3, -0.25) is 4.79 Å². The maximum absolute atomic E-state index is 12.0. The van der Waals surface area contributed by atoms with Gasteiger partial charge in [-0.05, 0) is 24.1 Å². The molecule has 1 aromatic heterocycles. The minimum atomic E-state index is -0.427. The van der Waals surface area contributed by atoms with Gasteiger partial charge in [0.1, 0.15) is 0 Å². The molecule has 0 aliphatic rings. The summed E-state index contributed by atoms with van der Waals surface area (Å²) in [6.07, 6.45) is 2.83. The molecule has 0 aliphatic heterocycles. The highest BCUT2D eigenvalue weighted by atomic mass is 16.3. The lowest BCUT2D eigenvalue weighted by atomic mass is 10.1. The number of carbonyl (C=O) groups excluding carboxylic acids is 1. The standard InChI is InChI=1S/C13H14N4O2/c1-8-2-3-9(7-18)6-10(8)17-13(19)11-12(14)16-5-4-15-11/h2-6,18H,7H2,1H3,(H2,14,16)(H,17,19). The van der Waals surface area contributed by atoms with Crippen LogP contribution in [0.3, 0.4) is 0 Å². The zero-order chi connectivity index (χ0) is 13.8. The van der Waals surface area contributed by atoms with Crippen LogP contribution >= 0.6 is 0 Å². The van der Waals surface area contributed by atoms with Gasteiger partial charge in [0.15, 0.2) is 11.5 Å². The summed E-state index contributed by atoms with van der Waals surface area (Å²) in [5.74, 6) is -0.347. The highest BCUT2D eigenvalue weighted by molar-refractivity contribution is 6.05. The fraction of sp³-hybridized carbons (Fsp3) is 0.154. The van der Waals surface area contributed by atoms with E-state index in [0.29, 0.717) is 11.3 Å². The first-order valence-corrected chi connectivity index (χ1v) is 5.70. The average Bonchev–Trinajstić information content (AvgIpc) is 2.41. The quantitative estimate of drug-likeness (QED) is 0.765. The molecule has 4 N–H and O–H groups in total. The van der Waals surface area contributed by atoms with Crippen LogP contribution < -0.4 is 11.1 Å². The van der Waals surface area contributed by atoms with Gasteiger partial charge in [0.2, 0.25) is 0 Å². The molecule has 1 amide bonds. The van der Waals surface area contributed by atoms with Crippen LogP contribution in [0.5, 0.6) is 0 Å². The number of carbonyl (C=O) groups is 1. The van der Waals surface area contributed by atoms with E-state index in [1.807, 2.05) is 13.0 Å².